The molecule has 0 unspecified atom stereocenters. The molecule has 0 aliphatic rings. The van der Waals surface area contributed by atoms with E-state index in [9.17, 15) is 9.59 Å². The molecular formula is C32H39NO5. The van der Waals surface area contributed by atoms with Crippen LogP contribution in [0.1, 0.15) is 91.8 Å². The van der Waals surface area contributed by atoms with Crippen molar-refractivity contribution in [2.24, 2.45) is 0 Å². The van der Waals surface area contributed by atoms with E-state index in [2.05, 4.69) is 6.92 Å². The van der Waals surface area contributed by atoms with Crippen LogP contribution in [0, 0.1) is 0 Å². The molecule has 3 rings (SSSR count). The third-order valence-electron chi connectivity index (χ3n) is 6.22. The highest BCUT2D eigenvalue weighted by atomic mass is 16.5. The highest BCUT2D eigenvalue weighted by molar-refractivity contribution is 5.93. The molecule has 0 aliphatic carbocycles. The monoisotopic (exact) mass is 517 g/mol. The number of carbonyl (C=O) groups is 2. The Balaban J connectivity index is 1.33. The van der Waals surface area contributed by atoms with Crippen molar-refractivity contribution < 1.29 is 23.8 Å². The molecule has 3 aromatic rings. The summed E-state index contributed by atoms with van der Waals surface area (Å²) in [6, 6.07) is 19.8. The Bertz CT molecular complexity index is 1130. The summed E-state index contributed by atoms with van der Waals surface area (Å²) in [6.07, 6.45) is 12.9. The zero-order chi connectivity index (χ0) is 27.0. The molecule has 3 aromatic carbocycles. The number of rotatable bonds is 16. The van der Waals surface area contributed by atoms with Gasteiger partial charge in [-0.15, -0.1) is 0 Å². The van der Waals surface area contributed by atoms with Crippen molar-refractivity contribution in [1.29, 1.82) is 0 Å². The lowest BCUT2D eigenvalue weighted by Gasteiger charge is -2.09. The van der Waals surface area contributed by atoms with Gasteiger partial charge in [-0.25, -0.2) is 9.59 Å². The molecule has 0 saturated carbocycles. The fraction of sp³-hybridized carbons (Fsp3) is 0.375. The van der Waals surface area contributed by atoms with Crippen LogP contribution < -0.4 is 19.9 Å². The van der Waals surface area contributed by atoms with Gasteiger partial charge in [-0.2, -0.15) is 0 Å². The Hall–Kier alpha value is -3.80. The fourth-order valence-electron chi connectivity index (χ4n) is 4.04. The van der Waals surface area contributed by atoms with E-state index in [1.54, 1.807) is 72.8 Å². The first-order chi connectivity index (χ1) is 18.5. The molecule has 0 radical (unpaired) electrons. The smallest absolute Gasteiger partial charge is 0.343 e. The van der Waals surface area contributed by atoms with Crippen molar-refractivity contribution in [3.63, 3.8) is 0 Å². The number of hydrogen-bond acceptors (Lipinski definition) is 6. The Kier molecular flexibility index (Phi) is 12.2. The lowest BCUT2D eigenvalue weighted by Crippen LogP contribution is -2.10. The van der Waals surface area contributed by atoms with Gasteiger partial charge in [0.05, 0.1) is 17.7 Å². The van der Waals surface area contributed by atoms with Crippen LogP contribution in [-0.4, -0.2) is 18.5 Å². The zero-order valence-corrected chi connectivity index (χ0v) is 22.3. The lowest BCUT2D eigenvalue weighted by atomic mass is 10.1. The summed E-state index contributed by atoms with van der Waals surface area (Å²) in [5, 5.41) is 0. The van der Waals surface area contributed by atoms with Crippen LogP contribution in [0.2, 0.25) is 0 Å². The van der Waals surface area contributed by atoms with Crippen molar-refractivity contribution in [2.75, 3.05) is 12.3 Å². The molecule has 6 heteroatoms. The number of ether oxygens (including phenoxy) is 3. The molecule has 0 aliphatic heterocycles. The van der Waals surface area contributed by atoms with Crippen molar-refractivity contribution in [2.45, 2.75) is 71.1 Å². The summed E-state index contributed by atoms with van der Waals surface area (Å²) in [6.45, 7) is 2.94. The first-order valence-electron chi connectivity index (χ1n) is 13.7. The highest BCUT2D eigenvalue weighted by Crippen LogP contribution is 2.21. The second kappa shape index (κ2) is 16.1. The number of nitrogen functional groups attached to an aromatic ring is 1. The zero-order valence-electron chi connectivity index (χ0n) is 22.3. The number of unbranched alkanes of at least 4 members (excludes halogenated alkanes) is 9. The number of hydrogen-bond donors (Lipinski definition) is 1. The standard InChI is InChI=1S/C32H39NO5/c1-2-3-4-5-6-7-8-9-10-11-23-36-28-19-21-30(22-20-28)37-31(34)25-15-17-29(18-16-25)38-32(35)26-13-12-14-27(33)24-26/h12-22,24H,2-11,23,33H2,1H3. The maximum atomic E-state index is 12.5. The maximum absolute atomic E-state index is 12.5. The first kappa shape index (κ1) is 28.8. The summed E-state index contributed by atoms with van der Waals surface area (Å²) >= 11 is 0. The van der Waals surface area contributed by atoms with Gasteiger partial charge in [0.1, 0.15) is 17.2 Å². The van der Waals surface area contributed by atoms with Gasteiger partial charge in [0, 0.05) is 5.69 Å². The lowest BCUT2D eigenvalue weighted by molar-refractivity contribution is 0.0730. The first-order valence-corrected chi connectivity index (χ1v) is 13.7. The second-order valence-electron chi connectivity index (χ2n) is 9.43. The van der Waals surface area contributed by atoms with Gasteiger partial charge >= 0.3 is 11.9 Å². The average Bonchev–Trinajstić information content (AvgIpc) is 2.93. The highest BCUT2D eigenvalue weighted by Gasteiger charge is 2.12. The van der Waals surface area contributed by atoms with E-state index in [0.29, 0.717) is 34.9 Å². The average molecular weight is 518 g/mol. The molecule has 2 N–H and O–H groups in total. The molecular weight excluding hydrogens is 478 g/mol. The molecule has 0 saturated heterocycles. The van der Waals surface area contributed by atoms with Crippen molar-refractivity contribution in [3.8, 4) is 17.2 Å². The molecule has 0 spiro atoms. The summed E-state index contributed by atoms with van der Waals surface area (Å²) in [7, 11) is 0. The van der Waals surface area contributed by atoms with Crippen LogP contribution in [0.25, 0.3) is 0 Å². The van der Waals surface area contributed by atoms with Crippen LogP contribution >= 0.6 is 0 Å². The fourth-order valence-corrected chi connectivity index (χ4v) is 4.04. The van der Waals surface area contributed by atoms with Gasteiger partial charge in [-0.05, 0) is 73.2 Å². The van der Waals surface area contributed by atoms with Crippen molar-refractivity contribution in [1.82, 2.24) is 0 Å². The maximum Gasteiger partial charge on any atom is 0.343 e. The van der Waals surface area contributed by atoms with Gasteiger partial charge in [-0.1, -0.05) is 70.8 Å². The number of nitrogens with two attached hydrogens (primary N) is 1. The molecule has 202 valence electrons. The van der Waals surface area contributed by atoms with Crippen molar-refractivity contribution in [3.05, 3.63) is 83.9 Å². The number of anilines is 1. The Morgan fingerprint density at radius 1 is 0.605 bits per heavy atom. The molecule has 0 amide bonds. The molecule has 6 nitrogen and oxygen atoms in total. The van der Waals surface area contributed by atoms with Gasteiger partial charge < -0.3 is 19.9 Å². The van der Waals surface area contributed by atoms with Crippen LogP contribution in [0.5, 0.6) is 17.2 Å². The third kappa shape index (κ3) is 10.3. The summed E-state index contributed by atoms with van der Waals surface area (Å²) < 4.78 is 16.6. The van der Waals surface area contributed by atoms with Crippen LogP contribution in [0.4, 0.5) is 5.69 Å². The van der Waals surface area contributed by atoms with E-state index in [0.717, 1.165) is 12.2 Å². The minimum Gasteiger partial charge on any atom is -0.494 e. The predicted octanol–water partition coefficient (Wildman–Crippen LogP) is 8.01. The van der Waals surface area contributed by atoms with E-state index in [1.807, 2.05) is 0 Å². The molecule has 0 aromatic heterocycles. The Morgan fingerprint density at radius 3 is 1.68 bits per heavy atom. The summed E-state index contributed by atoms with van der Waals surface area (Å²) in [4.78, 5) is 24.7. The van der Waals surface area contributed by atoms with Crippen LogP contribution in [0.3, 0.4) is 0 Å². The molecule has 0 heterocycles. The van der Waals surface area contributed by atoms with E-state index in [-0.39, 0.29) is 0 Å². The predicted molar refractivity (Wildman–Crippen MR) is 151 cm³/mol. The quantitative estimate of drug-likeness (QED) is 0.0896. The van der Waals surface area contributed by atoms with E-state index >= 15 is 0 Å². The van der Waals surface area contributed by atoms with Crippen molar-refractivity contribution >= 4 is 17.6 Å². The minimum atomic E-state index is -0.525. The van der Waals surface area contributed by atoms with E-state index < -0.39 is 11.9 Å². The molecule has 0 bridgehead atoms. The SMILES string of the molecule is CCCCCCCCCCCCOc1ccc(OC(=O)c2ccc(OC(=O)c3cccc(N)c3)cc2)cc1. The second-order valence-corrected chi connectivity index (χ2v) is 9.43. The van der Waals surface area contributed by atoms with Crippen LogP contribution in [0.15, 0.2) is 72.8 Å². The number of benzene rings is 3. The Morgan fingerprint density at radius 2 is 1.11 bits per heavy atom. The third-order valence-corrected chi connectivity index (χ3v) is 6.22. The normalized spacial score (nSPS) is 10.7. The van der Waals surface area contributed by atoms with E-state index in [4.69, 9.17) is 19.9 Å². The summed E-state index contributed by atoms with van der Waals surface area (Å²) in [5.74, 6) is 0.476. The topological polar surface area (TPSA) is 87.9 Å². The molecule has 38 heavy (non-hydrogen) atoms. The number of esters is 2. The molecule has 0 atom stereocenters. The largest absolute Gasteiger partial charge is 0.494 e. The van der Waals surface area contributed by atoms with E-state index in [1.165, 1.54) is 57.8 Å². The molecule has 0 fully saturated rings. The van der Waals surface area contributed by atoms with Gasteiger partial charge in [0.15, 0.2) is 0 Å². The van der Waals surface area contributed by atoms with Crippen LogP contribution in [-0.2, 0) is 0 Å². The van der Waals surface area contributed by atoms with Gasteiger partial charge in [0.25, 0.3) is 0 Å². The van der Waals surface area contributed by atoms with Gasteiger partial charge in [-0.3, -0.25) is 0 Å². The number of carbonyl (C=O) groups excluding carboxylic acids is 2. The Labute approximate surface area is 226 Å². The summed E-state index contributed by atoms with van der Waals surface area (Å²) in [5.41, 5.74) is 6.88. The van der Waals surface area contributed by atoms with Gasteiger partial charge in [0.2, 0.25) is 0 Å². The minimum absolute atomic E-state index is 0.317.